The third-order valence-corrected chi connectivity index (χ3v) is 9.29. The molecular formula is C38H48N6O6. The minimum Gasteiger partial charge on any atom is -0.453 e. The van der Waals surface area contributed by atoms with E-state index in [-0.39, 0.29) is 42.2 Å². The predicted molar refractivity (Wildman–Crippen MR) is 189 cm³/mol. The number of methoxy groups -OCH3 is 1. The van der Waals surface area contributed by atoms with E-state index in [0.717, 1.165) is 40.3 Å². The second-order valence-electron chi connectivity index (χ2n) is 12.3. The Kier molecular flexibility index (Phi) is 8.66. The summed E-state index contributed by atoms with van der Waals surface area (Å²) in [5.74, 6) is -4.51. The average molecular weight is 691 g/mol. The number of imidazole rings is 1. The van der Waals surface area contributed by atoms with Gasteiger partial charge >= 0.3 is 11.8 Å². The SMILES string of the molecule is [2H]C([2H])([2H])C([2H])(C)C([2H])([2H])c1nc(C(CC)(CC)OC)c(C(=O)OCc2oc(=O)oc2CC)n1C(C)c1c(C)cc(-c2c(C)cccc2-c2nn[nH]n2)cc1C. The van der Waals surface area contributed by atoms with Gasteiger partial charge in [0.25, 0.3) is 0 Å². The minimum atomic E-state index is -3.11. The number of ether oxygens (including phenoxy) is 2. The maximum atomic E-state index is 14.6. The van der Waals surface area contributed by atoms with Crippen LogP contribution in [-0.2, 0) is 34.5 Å². The number of aryl methyl sites for hydroxylation is 4. The number of nitrogens with one attached hydrogen (secondary N) is 1. The van der Waals surface area contributed by atoms with Gasteiger partial charge in [-0.15, -0.1) is 10.2 Å². The highest BCUT2D eigenvalue weighted by atomic mass is 16.6. The van der Waals surface area contributed by atoms with Crippen molar-refractivity contribution in [3.05, 3.63) is 91.9 Å². The quantitative estimate of drug-likeness (QED) is 0.115. The highest BCUT2D eigenvalue weighted by Gasteiger charge is 2.40. The van der Waals surface area contributed by atoms with E-state index < -0.39 is 55.0 Å². The summed E-state index contributed by atoms with van der Waals surface area (Å²) in [7, 11) is 1.45. The molecule has 3 aromatic heterocycles. The van der Waals surface area contributed by atoms with Crippen molar-refractivity contribution in [1.82, 2.24) is 30.2 Å². The lowest BCUT2D eigenvalue weighted by atomic mass is 9.88. The Morgan fingerprint density at radius 2 is 1.80 bits per heavy atom. The molecule has 0 aliphatic carbocycles. The molecule has 5 rings (SSSR count). The van der Waals surface area contributed by atoms with E-state index in [1.165, 1.54) is 11.7 Å². The summed E-state index contributed by atoms with van der Waals surface area (Å²) in [5.41, 5.74) is 4.20. The van der Waals surface area contributed by atoms with Gasteiger partial charge < -0.3 is 22.9 Å². The molecular weight excluding hydrogens is 636 g/mol. The number of benzene rings is 2. The van der Waals surface area contributed by atoms with Crippen LogP contribution < -0.4 is 5.82 Å². The van der Waals surface area contributed by atoms with Gasteiger partial charge in [-0.2, -0.15) is 5.21 Å². The van der Waals surface area contributed by atoms with Gasteiger partial charge in [0.2, 0.25) is 5.82 Å². The second-order valence-corrected chi connectivity index (χ2v) is 12.3. The zero-order valence-corrected chi connectivity index (χ0v) is 30.0. The summed E-state index contributed by atoms with van der Waals surface area (Å²) in [6.45, 7) is 10.3. The first kappa shape index (κ1) is 28.9. The van der Waals surface area contributed by atoms with Gasteiger partial charge in [0.1, 0.15) is 17.1 Å². The minimum absolute atomic E-state index is 0.00543. The van der Waals surface area contributed by atoms with Crippen LogP contribution in [0.2, 0.25) is 0 Å². The molecule has 3 heterocycles. The topological polar surface area (TPSA) is 151 Å². The number of esters is 1. The molecule has 12 heteroatoms. The molecule has 266 valence electrons. The Morgan fingerprint density at radius 3 is 2.40 bits per heavy atom. The highest BCUT2D eigenvalue weighted by Crippen LogP contribution is 2.40. The zero-order chi connectivity index (χ0) is 41.5. The standard InChI is InChI=1S/C38H48N6O6/c1-11-28-29(50-37(46)49-28)20-48-36(45)33-34(38(12-2,13-3)47-10)39-30(17-21(4)5)44(33)25(9)31-23(7)18-26(19-24(31)8)32-22(6)15-14-16-27(32)35-40-42-43-41-35/h14-16,18-19,21,25H,11-13,17,20H2,1-10H3,(H,40,41,42,43)/i4D3,17D2,21D. The number of H-pyrrole nitrogens is 1. The molecule has 0 spiro atoms. The van der Waals surface area contributed by atoms with Crippen LogP contribution in [-0.4, -0.2) is 43.3 Å². The number of carbonyl (C=O) groups is 1. The third-order valence-electron chi connectivity index (χ3n) is 9.29. The summed E-state index contributed by atoms with van der Waals surface area (Å²) < 4.78 is 75.8. The summed E-state index contributed by atoms with van der Waals surface area (Å²) in [5, 5.41) is 14.6. The summed E-state index contributed by atoms with van der Waals surface area (Å²) in [6.07, 6.45) is -2.12. The van der Waals surface area contributed by atoms with E-state index in [2.05, 4.69) is 20.6 Å². The lowest BCUT2D eigenvalue weighted by molar-refractivity contribution is -0.0265. The van der Waals surface area contributed by atoms with Crippen molar-refractivity contribution in [2.45, 2.75) is 106 Å². The van der Waals surface area contributed by atoms with E-state index in [4.69, 9.17) is 28.8 Å². The lowest BCUT2D eigenvalue weighted by Crippen LogP contribution is -2.31. The number of carbonyl (C=O) groups excluding carboxylic acids is 1. The Hall–Kier alpha value is -4.84. The number of nitrogens with zero attached hydrogens (tertiary/aromatic N) is 5. The number of aromatic nitrogens is 6. The molecule has 0 aliphatic rings. The molecule has 0 fully saturated rings. The molecule has 12 nitrogen and oxygen atoms in total. The Morgan fingerprint density at radius 1 is 1.10 bits per heavy atom. The molecule has 2 unspecified atom stereocenters. The van der Waals surface area contributed by atoms with E-state index >= 15 is 0 Å². The van der Waals surface area contributed by atoms with E-state index in [0.29, 0.717) is 11.4 Å². The number of hydrogen-bond acceptors (Lipinski definition) is 10. The summed E-state index contributed by atoms with van der Waals surface area (Å²) in [6, 6.07) is 8.83. The Labute approximate surface area is 301 Å². The van der Waals surface area contributed by atoms with Crippen molar-refractivity contribution < 1.29 is 31.3 Å². The maximum Gasteiger partial charge on any atom is 0.519 e. The number of hydrogen-bond donors (Lipinski definition) is 1. The molecule has 0 saturated carbocycles. The molecule has 2 aromatic carbocycles. The molecule has 0 radical (unpaired) electrons. The van der Waals surface area contributed by atoms with Crippen LogP contribution in [0.15, 0.2) is 44.0 Å². The van der Waals surface area contributed by atoms with Crippen molar-refractivity contribution in [3.63, 3.8) is 0 Å². The highest BCUT2D eigenvalue weighted by molar-refractivity contribution is 5.90. The van der Waals surface area contributed by atoms with Crippen LogP contribution in [0.1, 0.15) is 124 Å². The van der Waals surface area contributed by atoms with E-state index in [1.54, 1.807) is 13.8 Å². The van der Waals surface area contributed by atoms with Crippen molar-refractivity contribution in [3.8, 4) is 22.5 Å². The van der Waals surface area contributed by atoms with Gasteiger partial charge in [-0.3, -0.25) is 0 Å². The molecule has 5 aromatic rings. The van der Waals surface area contributed by atoms with Gasteiger partial charge in [-0.25, -0.2) is 14.6 Å². The van der Waals surface area contributed by atoms with Gasteiger partial charge in [0.05, 0.1) is 6.04 Å². The third kappa shape index (κ3) is 6.81. The number of rotatable bonds is 14. The average Bonchev–Trinajstić information content (AvgIpc) is 3.90. The van der Waals surface area contributed by atoms with Gasteiger partial charge in [-0.1, -0.05) is 64.9 Å². The van der Waals surface area contributed by atoms with Crippen LogP contribution in [0.25, 0.3) is 22.5 Å². The van der Waals surface area contributed by atoms with Gasteiger partial charge in [0.15, 0.2) is 23.8 Å². The molecule has 2 atom stereocenters. The molecule has 1 N–H and O–H groups in total. The predicted octanol–water partition coefficient (Wildman–Crippen LogP) is 7.59. The Bertz CT molecular complexity index is 2240. The van der Waals surface area contributed by atoms with Crippen LogP contribution in [0.5, 0.6) is 0 Å². The fraction of sp³-hybridized carbons (Fsp3) is 0.474. The fourth-order valence-electron chi connectivity index (χ4n) is 6.88. The number of aromatic amines is 1. The van der Waals surface area contributed by atoms with E-state index in [9.17, 15) is 12.3 Å². The molecule has 0 amide bonds. The summed E-state index contributed by atoms with van der Waals surface area (Å²) >= 11 is 0. The first-order valence-electron chi connectivity index (χ1n) is 19.6. The molecule has 0 bridgehead atoms. The van der Waals surface area contributed by atoms with E-state index in [1.807, 2.05) is 65.0 Å². The molecule has 0 aliphatic heterocycles. The monoisotopic (exact) mass is 690 g/mol. The van der Waals surface area contributed by atoms with Crippen molar-refractivity contribution in [2.75, 3.05) is 7.11 Å². The van der Waals surface area contributed by atoms with Crippen LogP contribution >= 0.6 is 0 Å². The summed E-state index contributed by atoms with van der Waals surface area (Å²) in [4.78, 5) is 31.3. The Balaban J connectivity index is 1.81. The second kappa shape index (κ2) is 15.0. The number of tetrazole rings is 1. The van der Waals surface area contributed by atoms with Crippen molar-refractivity contribution >= 4 is 5.97 Å². The van der Waals surface area contributed by atoms with Crippen LogP contribution in [0.3, 0.4) is 0 Å². The normalized spacial score (nSPS) is 16.0. The fourth-order valence-corrected chi connectivity index (χ4v) is 6.88. The van der Waals surface area contributed by atoms with Gasteiger partial charge in [0, 0.05) is 33.7 Å². The molecule has 50 heavy (non-hydrogen) atoms. The molecule has 0 saturated heterocycles. The zero-order valence-electron chi connectivity index (χ0n) is 36.0. The van der Waals surface area contributed by atoms with Crippen LogP contribution in [0, 0.1) is 26.7 Å². The first-order valence-corrected chi connectivity index (χ1v) is 16.6. The largest absolute Gasteiger partial charge is 0.519 e. The smallest absolute Gasteiger partial charge is 0.453 e. The van der Waals surface area contributed by atoms with Gasteiger partial charge in [-0.05, 0) is 85.0 Å². The van der Waals surface area contributed by atoms with Crippen molar-refractivity contribution in [1.29, 1.82) is 0 Å². The van der Waals surface area contributed by atoms with Crippen LogP contribution in [0.4, 0.5) is 0 Å². The van der Waals surface area contributed by atoms with Crippen molar-refractivity contribution in [2.24, 2.45) is 5.89 Å². The lowest BCUT2D eigenvalue weighted by Gasteiger charge is -2.30. The maximum absolute atomic E-state index is 14.6. The first-order chi connectivity index (χ1) is 26.2.